The lowest BCUT2D eigenvalue weighted by Crippen LogP contribution is -2.37. The highest BCUT2D eigenvalue weighted by Crippen LogP contribution is 2.19. The van der Waals surface area contributed by atoms with E-state index in [0.717, 1.165) is 18.9 Å². The van der Waals surface area contributed by atoms with Gasteiger partial charge in [-0.3, -0.25) is 0 Å². The van der Waals surface area contributed by atoms with Gasteiger partial charge in [0.05, 0.1) is 0 Å². The van der Waals surface area contributed by atoms with E-state index in [-0.39, 0.29) is 0 Å². The minimum absolute atomic E-state index is 0.332. The van der Waals surface area contributed by atoms with E-state index in [1.807, 2.05) is 0 Å². The third kappa shape index (κ3) is 6.12. The van der Waals surface area contributed by atoms with Gasteiger partial charge >= 0.3 is 0 Å². The fourth-order valence-corrected chi connectivity index (χ4v) is 3.49. The van der Waals surface area contributed by atoms with E-state index < -0.39 is 0 Å². The van der Waals surface area contributed by atoms with Gasteiger partial charge in [0.15, 0.2) is 0 Å². The summed E-state index contributed by atoms with van der Waals surface area (Å²) in [6.07, 6.45) is 4.87. The van der Waals surface area contributed by atoms with Gasteiger partial charge in [0.2, 0.25) is 0 Å². The molecule has 1 fully saturated rings. The Kier molecular flexibility index (Phi) is 7.50. The quantitative estimate of drug-likeness (QED) is 0.723. The van der Waals surface area contributed by atoms with Crippen LogP contribution in [0.1, 0.15) is 39.5 Å². The molecule has 0 aromatic rings. The van der Waals surface area contributed by atoms with Gasteiger partial charge in [-0.25, -0.2) is 0 Å². The molecule has 3 heteroatoms. The summed E-state index contributed by atoms with van der Waals surface area (Å²) in [7, 11) is 0. The lowest BCUT2D eigenvalue weighted by atomic mass is 9.94. The molecule has 0 bridgehead atoms. The Morgan fingerprint density at radius 1 is 1.44 bits per heavy atom. The number of nitrogens with one attached hydrogen (secondary N) is 1. The van der Waals surface area contributed by atoms with Crippen LogP contribution in [-0.4, -0.2) is 35.8 Å². The molecule has 0 aromatic heterocycles. The van der Waals surface area contributed by atoms with Crippen molar-refractivity contribution in [3.8, 4) is 0 Å². The summed E-state index contributed by atoms with van der Waals surface area (Å²) in [4.78, 5) is 0. The minimum atomic E-state index is 0.332. The van der Waals surface area contributed by atoms with E-state index in [1.165, 1.54) is 30.8 Å². The van der Waals surface area contributed by atoms with E-state index in [0.29, 0.717) is 18.6 Å². The number of hydrogen-bond acceptors (Lipinski definition) is 3. The highest BCUT2D eigenvalue weighted by atomic mass is 32.2. The predicted octanol–water partition coefficient (Wildman–Crippen LogP) is 2.52. The highest BCUT2D eigenvalue weighted by Gasteiger charge is 2.16. The van der Waals surface area contributed by atoms with Gasteiger partial charge in [0.25, 0.3) is 0 Å². The smallest absolute Gasteiger partial charge is 0.0434 e. The Morgan fingerprint density at radius 3 is 2.81 bits per heavy atom. The predicted molar refractivity (Wildman–Crippen MR) is 73.0 cm³/mol. The first-order valence-corrected chi connectivity index (χ1v) is 7.79. The summed E-state index contributed by atoms with van der Waals surface area (Å²) in [5.74, 6) is 3.99. The largest absolute Gasteiger partial charge is 0.396 e. The second-order valence-electron chi connectivity index (χ2n) is 5.33. The fraction of sp³-hybridized carbons (Fsp3) is 1.00. The zero-order valence-electron chi connectivity index (χ0n) is 10.7. The number of aliphatic hydroxyl groups excluding tert-OH is 1. The maximum Gasteiger partial charge on any atom is 0.0434 e. The van der Waals surface area contributed by atoms with Crippen molar-refractivity contribution in [2.45, 2.75) is 45.6 Å². The van der Waals surface area contributed by atoms with Crippen molar-refractivity contribution in [3.05, 3.63) is 0 Å². The van der Waals surface area contributed by atoms with Crippen molar-refractivity contribution in [3.63, 3.8) is 0 Å². The van der Waals surface area contributed by atoms with Crippen LogP contribution in [0.5, 0.6) is 0 Å². The molecule has 2 N–H and O–H groups in total. The Balaban J connectivity index is 2.19. The highest BCUT2D eigenvalue weighted by molar-refractivity contribution is 7.99. The molecule has 0 amide bonds. The lowest BCUT2D eigenvalue weighted by Gasteiger charge is -2.26. The average molecular weight is 245 g/mol. The van der Waals surface area contributed by atoms with Gasteiger partial charge in [0.1, 0.15) is 0 Å². The molecule has 1 aliphatic rings. The summed E-state index contributed by atoms with van der Waals surface area (Å²) >= 11 is 2.07. The standard InChI is InChI=1S/C13H27NOS/c1-11(2)8-12(5-6-15)9-14-13-4-3-7-16-10-13/h11-15H,3-10H2,1-2H3. The number of thioether (sulfide) groups is 1. The lowest BCUT2D eigenvalue weighted by molar-refractivity contribution is 0.236. The van der Waals surface area contributed by atoms with Crippen LogP contribution in [-0.2, 0) is 0 Å². The first kappa shape index (κ1) is 14.3. The monoisotopic (exact) mass is 245 g/mol. The normalized spacial score (nSPS) is 23.6. The van der Waals surface area contributed by atoms with Gasteiger partial charge in [-0.1, -0.05) is 13.8 Å². The molecular formula is C13H27NOS. The van der Waals surface area contributed by atoms with Crippen molar-refractivity contribution in [2.75, 3.05) is 24.7 Å². The van der Waals surface area contributed by atoms with E-state index in [9.17, 15) is 0 Å². The first-order valence-electron chi connectivity index (χ1n) is 6.64. The van der Waals surface area contributed by atoms with E-state index in [2.05, 4.69) is 30.9 Å². The minimum Gasteiger partial charge on any atom is -0.396 e. The average Bonchev–Trinajstić information content (AvgIpc) is 2.27. The van der Waals surface area contributed by atoms with E-state index in [1.54, 1.807) is 0 Å². The molecule has 2 unspecified atom stereocenters. The van der Waals surface area contributed by atoms with Crippen LogP contribution in [0.2, 0.25) is 0 Å². The van der Waals surface area contributed by atoms with Gasteiger partial charge in [0, 0.05) is 18.4 Å². The Labute approximate surface area is 105 Å². The van der Waals surface area contributed by atoms with E-state index >= 15 is 0 Å². The number of hydrogen-bond donors (Lipinski definition) is 2. The maximum absolute atomic E-state index is 9.05. The van der Waals surface area contributed by atoms with Crippen LogP contribution in [0.15, 0.2) is 0 Å². The summed E-state index contributed by atoms with van der Waals surface area (Å²) < 4.78 is 0. The summed E-state index contributed by atoms with van der Waals surface area (Å²) in [6, 6.07) is 0.715. The maximum atomic E-state index is 9.05. The van der Waals surface area contributed by atoms with Crippen molar-refractivity contribution in [2.24, 2.45) is 11.8 Å². The van der Waals surface area contributed by atoms with Crippen molar-refractivity contribution in [1.82, 2.24) is 5.32 Å². The van der Waals surface area contributed by atoms with Crippen LogP contribution in [0.3, 0.4) is 0 Å². The van der Waals surface area contributed by atoms with Crippen molar-refractivity contribution in [1.29, 1.82) is 0 Å². The third-order valence-corrected chi connectivity index (χ3v) is 4.41. The number of aliphatic hydroxyl groups is 1. The Morgan fingerprint density at radius 2 is 2.25 bits per heavy atom. The molecule has 1 aliphatic heterocycles. The summed E-state index contributed by atoms with van der Waals surface area (Å²) in [5.41, 5.74) is 0. The summed E-state index contributed by atoms with van der Waals surface area (Å²) in [5, 5.41) is 12.7. The van der Waals surface area contributed by atoms with Crippen LogP contribution >= 0.6 is 11.8 Å². The molecule has 16 heavy (non-hydrogen) atoms. The molecule has 1 saturated heterocycles. The zero-order valence-corrected chi connectivity index (χ0v) is 11.6. The molecule has 0 spiro atoms. The van der Waals surface area contributed by atoms with Crippen LogP contribution < -0.4 is 5.32 Å². The molecule has 0 aliphatic carbocycles. The van der Waals surface area contributed by atoms with Gasteiger partial charge < -0.3 is 10.4 Å². The topological polar surface area (TPSA) is 32.3 Å². The zero-order chi connectivity index (χ0) is 11.8. The molecule has 2 nitrogen and oxygen atoms in total. The van der Waals surface area contributed by atoms with Crippen LogP contribution in [0.4, 0.5) is 0 Å². The first-order chi connectivity index (χ1) is 7.72. The molecule has 0 radical (unpaired) electrons. The second kappa shape index (κ2) is 8.37. The van der Waals surface area contributed by atoms with Crippen molar-refractivity contribution < 1.29 is 5.11 Å². The fourth-order valence-electron chi connectivity index (χ4n) is 2.39. The SMILES string of the molecule is CC(C)CC(CCO)CNC1CCCSC1. The van der Waals surface area contributed by atoms with Crippen LogP contribution in [0, 0.1) is 11.8 Å². The van der Waals surface area contributed by atoms with Gasteiger partial charge in [-0.05, 0) is 49.8 Å². The molecule has 2 atom stereocenters. The molecule has 1 heterocycles. The van der Waals surface area contributed by atoms with E-state index in [4.69, 9.17) is 5.11 Å². The molecule has 1 rings (SSSR count). The molecule has 0 saturated carbocycles. The number of rotatable bonds is 7. The summed E-state index contributed by atoms with van der Waals surface area (Å²) in [6.45, 7) is 5.95. The Hall–Kier alpha value is 0.270. The Bertz CT molecular complexity index is 169. The molecule has 96 valence electrons. The van der Waals surface area contributed by atoms with Gasteiger partial charge in [-0.15, -0.1) is 0 Å². The van der Waals surface area contributed by atoms with Crippen molar-refractivity contribution >= 4 is 11.8 Å². The molecular weight excluding hydrogens is 218 g/mol. The van der Waals surface area contributed by atoms with Crippen LogP contribution in [0.25, 0.3) is 0 Å². The van der Waals surface area contributed by atoms with Gasteiger partial charge in [-0.2, -0.15) is 11.8 Å². The third-order valence-electron chi connectivity index (χ3n) is 3.20. The molecule has 0 aromatic carbocycles. The second-order valence-corrected chi connectivity index (χ2v) is 6.48.